The molecular formula is C27H28N2O5. The number of ether oxygens (including phenoxy) is 4. The normalized spacial score (nSPS) is 10.9. The van der Waals surface area contributed by atoms with Crippen molar-refractivity contribution in [2.24, 2.45) is 0 Å². The Morgan fingerprint density at radius 1 is 0.765 bits per heavy atom. The van der Waals surface area contributed by atoms with Crippen LogP contribution < -0.4 is 30.0 Å². The van der Waals surface area contributed by atoms with Gasteiger partial charge in [0.05, 0.1) is 34.1 Å². The van der Waals surface area contributed by atoms with Gasteiger partial charge in [-0.15, -0.1) is 0 Å². The third kappa shape index (κ3) is 6.10. The highest BCUT2D eigenvalue weighted by molar-refractivity contribution is 6.03. The molecule has 0 heterocycles. The van der Waals surface area contributed by atoms with Crippen molar-refractivity contribution in [1.82, 2.24) is 0 Å². The molecule has 0 aromatic heterocycles. The molecule has 7 heteroatoms. The summed E-state index contributed by atoms with van der Waals surface area (Å²) in [4.78, 5) is 12.6. The molecule has 3 aromatic carbocycles. The number of nitrogens with two attached hydrogens (primary N) is 1. The van der Waals surface area contributed by atoms with E-state index in [1.807, 2.05) is 48.6 Å². The van der Waals surface area contributed by atoms with Crippen molar-refractivity contribution in [2.75, 3.05) is 39.5 Å². The van der Waals surface area contributed by atoms with Gasteiger partial charge < -0.3 is 30.0 Å². The van der Waals surface area contributed by atoms with E-state index in [1.165, 1.54) is 6.08 Å². The first kappa shape index (κ1) is 24.3. The van der Waals surface area contributed by atoms with E-state index in [1.54, 1.807) is 52.7 Å². The number of rotatable bonds is 9. The summed E-state index contributed by atoms with van der Waals surface area (Å²) in [5, 5.41) is 2.92. The van der Waals surface area contributed by atoms with Crippen molar-refractivity contribution in [3.63, 3.8) is 0 Å². The maximum atomic E-state index is 12.6. The predicted octanol–water partition coefficient (Wildman–Crippen LogP) is 5.13. The Bertz CT molecular complexity index is 1180. The van der Waals surface area contributed by atoms with Crippen LogP contribution >= 0.6 is 0 Å². The Morgan fingerprint density at radius 3 is 2.03 bits per heavy atom. The van der Waals surface area contributed by atoms with Gasteiger partial charge in [-0.25, -0.2) is 0 Å². The summed E-state index contributed by atoms with van der Waals surface area (Å²) in [5.41, 5.74) is 9.49. The van der Waals surface area contributed by atoms with Gasteiger partial charge in [0.15, 0.2) is 11.5 Å². The second kappa shape index (κ2) is 11.5. The Labute approximate surface area is 199 Å². The van der Waals surface area contributed by atoms with E-state index in [-0.39, 0.29) is 5.91 Å². The lowest BCUT2D eigenvalue weighted by Gasteiger charge is -2.13. The van der Waals surface area contributed by atoms with Gasteiger partial charge in [-0.1, -0.05) is 24.3 Å². The van der Waals surface area contributed by atoms with Crippen LogP contribution in [0.5, 0.6) is 23.0 Å². The highest BCUT2D eigenvalue weighted by atomic mass is 16.5. The highest BCUT2D eigenvalue weighted by Gasteiger charge is 2.12. The first-order valence-corrected chi connectivity index (χ1v) is 10.5. The zero-order valence-electron chi connectivity index (χ0n) is 19.6. The van der Waals surface area contributed by atoms with Crippen LogP contribution in [0.1, 0.15) is 16.7 Å². The molecule has 0 radical (unpaired) electrons. The Morgan fingerprint density at radius 2 is 1.44 bits per heavy atom. The maximum Gasteiger partial charge on any atom is 0.248 e. The van der Waals surface area contributed by atoms with Crippen molar-refractivity contribution in [3.8, 4) is 23.0 Å². The summed E-state index contributed by atoms with van der Waals surface area (Å²) in [5.74, 6) is 1.98. The van der Waals surface area contributed by atoms with Crippen LogP contribution in [0, 0.1) is 0 Å². The average molecular weight is 461 g/mol. The fraction of sp³-hybridized carbons (Fsp3) is 0.148. The molecule has 3 rings (SSSR count). The van der Waals surface area contributed by atoms with E-state index in [4.69, 9.17) is 24.7 Å². The quantitative estimate of drug-likeness (QED) is 0.261. The van der Waals surface area contributed by atoms with Gasteiger partial charge in [0.2, 0.25) is 11.7 Å². The van der Waals surface area contributed by atoms with Gasteiger partial charge >= 0.3 is 0 Å². The van der Waals surface area contributed by atoms with Gasteiger partial charge in [0, 0.05) is 17.8 Å². The van der Waals surface area contributed by atoms with Gasteiger partial charge in [-0.3, -0.25) is 4.79 Å². The van der Waals surface area contributed by atoms with E-state index in [0.29, 0.717) is 34.4 Å². The number of benzene rings is 3. The largest absolute Gasteiger partial charge is 0.497 e. The molecule has 7 nitrogen and oxygen atoms in total. The second-order valence-corrected chi connectivity index (χ2v) is 7.23. The van der Waals surface area contributed by atoms with Crippen LogP contribution in [0.15, 0.2) is 60.7 Å². The number of nitrogens with one attached hydrogen (secondary N) is 1. The van der Waals surface area contributed by atoms with Crippen LogP contribution in [-0.4, -0.2) is 34.3 Å². The number of carbonyl (C=O) groups excluding carboxylic acids is 1. The monoisotopic (exact) mass is 460 g/mol. The van der Waals surface area contributed by atoms with E-state index >= 15 is 0 Å². The Balaban J connectivity index is 1.86. The number of hydrogen-bond donors (Lipinski definition) is 2. The molecule has 0 fully saturated rings. The summed E-state index contributed by atoms with van der Waals surface area (Å²) in [6.07, 6.45) is 6.98. The fourth-order valence-electron chi connectivity index (χ4n) is 3.25. The molecule has 0 atom stereocenters. The third-order valence-corrected chi connectivity index (χ3v) is 5.02. The van der Waals surface area contributed by atoms with E-state index in [2.05, 4.69) is 5.32 Å². The minimum Gasteiger partial charge on any atom is -0.497 e. The number of amides is 1. The maximum absolute atomic E-state index is 12.6. The summed E-state index contributed by atoms with van der Waals surface area (Å²) in [7, 11) is 6.27. The van der Waals surface area contributed by atoms with Crippen molar-refractivity contribution >= 4 is 35.5 Å². The topological polar surface area (TPSA) is 92.0 Å². The number of nitrogen functional groups attached to an aromatic ring is 1. The lowest BCUT2D eigenvalue weighted by atomic mass is 10.1. The minimum absolute atomic E-state index is 0.271. The van der Waals surface area contributed by atoms with Gasteiger partial charge in [0.25, 0.3) is 0 Å². The smallest absolute Gasteiger partial charge is 0.248 e. The van der Waals surface area contributed by atoms with Crippen LogP contribution in [0.4, 0.5) is 11.4 Å². The van der Waals surface area contributed by atoms with E-state index in [0.717, 1.165) is 16.7 Å². The number of hydrogen-bond acceptors (Lipinski definition) is 6. The zero-order chi connectivity index (χ0) is 24.5. The number of methoxy groups -OCH3 is 4. The van der Waals surface area contributed by atoms with Crippen LogP contribution in [0.3, 0.4) is 0 Å². The molecule has 0 aliphatic heterocycles. The number of carbonyl (C=O) groups is 1. The first-order chi connectivity index (χ1) is 16.5. The molecule has 3 N–H and O–H groups in total. The molecule has 0 aliphatic carbocycles. The predicted molar refractivity (Wildman–Crippen MR) is 137 cm³/mol. The summed E-state index contributed by atoms with van der Waals surface area (Å²) >= 11 is 0. The van der Waals surface area contributed by atoms with E-state index in [9.17, 15) is 4.79 Å². The summed E-state index contributed by atoms with van der Waals surface area (Å²) in [6, 6.07) is 16.4. The van der Waals surface area contributed by atoms with Crippen LogP contribution in [0.25, 0.3) is 18.2 Å². The van der Waals surface area contributed by atoms with Crippen molar-refractivity contribution < 1.29 is 23.7 Å². The van der Waals surface area contributed by atoms with Crippen molar-refractivity contribution in [1.29, 1.82) is 0 Å². The van der Waals surface area contributed by atoms with Crippen LogP contribution in [-0.2, 0) is 4.79 Å². The Kier molecular flexibility index (Phi) is 8.18. The average Bonchev–Trinajstić information content (AvgIpc) is 2.86. The second-order valence-electron chi connectivity index (χ2n) is 7.23. The molecule has 0 unspecified atom stereocenters. The fourth-order valence-corrected chi connectivity index (χ4v) is 3.25. The molecule has 1 amide bonds. The molecule has 0 saturated heterocycles. The molecule has 0 spiro atoms. The standard InChI is InChI=1S/C27H28N2O5/c1-31-22-13-10-20(9-5-19-15-24(32-2)27(34-4)25(16-19)33-3)23(17-22)29-26(30)14-8-18-6-11-21(28)12-7-18/h5-17H,28H2,1-4H3,(H,29,30)/b9-5+,14-8+. The Hall–Kier alpha value is -4.39. The van der Waals surface area contributed by atoms with Crippen molar-refractivity contribution in [3.05, 3.63) is 77.4 Å². The molecular weight excluding hydrogens is 432 g/mol. The molecule has 0 saturated carbocycles. The molecule has 0 aliphatic rings. The van der Waals surface area contributed by atoms with Gasteiger partial charge in [-0.05, 0) is 59.2 Å². The number of anilines is 2. The lowest BCUT2D eigenvalue weighted by Crippen LogP contribution is -2.09. The van der Waals surface area contributed by atoms with Gasteiger partial charge in [-0.2, -0.15) is 0 Å². The highest BCUT2D eigenvalue weighted by Crippen LogP contribution is 2.38. The van der Waals surface area contributed by atoms with E-state index < -0.39 is 0 Å². The summed E-state index contributed by atoms with van der Waals surface area (Å²) < 4.78 is 21.5. The summed E-state index contributed by atoms with van der Waals surface area (Å²) in [6.45, 7) is 0. The van der Waals surface area contributed by atoms with Crippen molar-refractivity contribution in [2.45, 2.75) is 0 Å². The SMILES string of the molecule is COc1ccc(/C=C/c2cc(OC)c(OC)c(OC)c2)c(NC(=O)/C=C/c2ccc(N)cc2)c1. The molecule has 3 aromatic rings. The van der Waals surface area contributed by atoms with Gasteiger partial charge in [0.1, 0.15) is 5.75 Å². The molecule has 34 heavy (non-hydrogen) atoms. The lowest BCUT2D eigenvalue weighted by molar-refractivity contribution is -0.111. The molecule has 0 bridgehead atoms. The first-order valence-electron chi connectivity index (χ1n) is 10.5. The zero-order valence-corrected chi connectivity index (χ0v) is 19.6. The minimum atomic E-state index is -0.271. The molecule has 176 valence electrons. The van der Waals surface area contributed by atoms with Crippen LogP contribution in [0.2, 0.25) is 0 Å². The third-order valence-electron chi connectivity index (χ3n) is 5.02.